The number of pyridine rings is 1. The second-order valence-electron chi connectivity index (χ2n) is 3.68. The number of benzene rings is 1. The van der Waals surface area contributed by atoms with Crippen molar-refractivity contribution in [1.82, 2.24) is 15.0 Å². The fourth-order valence-electron chi connectivity index (χ4n) is 1.61. The Morgan fingerprint density at radius 3 is 2.89 bits per heavy atom. The van der Waals surface area contributed by atoms with Crippen LogP contribution in [0.4, 0.5) is 0 Å². The van der Waals surface area contributed by atoms with Gasteiger partial charge in [-0.1, -0.05) is 23.7 Å². The Morgan fingerprint density at radius 1 is 1.22 bits per heavy atom. The molecule has 0 spiro atoms. The lowest BCUT2D eigenvalue weighted by Crippen LogP contribution is -1.99. The first-order chi connectivity index (χ1) is 8.72. The normalized spacial score (nSPS) is 10.7. The molecule has 2 heterocycles. The molecule has 18 heavy (non-hydrogen) atoms. The number of aromatic nitrogens is 3. The van der Waals surface area contributed by atoms with E-state index in [0.717, 1.165) is 0 Å². The monoisotopic (exact) mass is 261 g/mol. The van der Waals surface area contributed by atoms with Gasteiger partial charge in [-0.15, -0.1) is 0 Å². The van der Waals surface area contributed by atoms with Crippen LogP contribution >= 0.6 is 11.6 Å². The van der Waals surface area contributed by atoms with Crippen molar-refractivity contribution in [3.8, 4) is 11.5 Å². The number of nitrogens with zero attached hydrogens (tertiary/aromatic N) is 1. The van der Waals surface area contributed by atoms with Gasteiger partial charge in [0.2, 0.25) is 0 Å². The van der Waals surface area contributed by atoms with Gasteiger partial charge < -0.3 is 9.72 Å². The largest absolute Gasteiger partial charge is 0.454 e. The van der Waals surface area contributed by atoms with E-state index < -0.39 is 0 Å². The third-order valence-corrected chi connectivity index (χ3v) is 2.72. The van der Waals surface area contributed by atoms with Crippen LogP contribution in [0.15, 0.2) is 41.3 Å². The molecule has 1 aromatic carbocycles. The van der Waals surface area contributed by atoms with Crippen molar-refractivity contribution in [3.63, 3.8) is 0 Å². The number of fused-ring (bicyclic) bond motifs is 1. The second kappa shape index (κ2) is 4.19. The Bertz CT molecular complexity index is 763. The van der Waals surface area contributed by atoms with E-state index in [0.29, 0.717) is 27.7 Å². The van der Waals surface area contributed by atoms with Crippen LogP contribution in [0.5, 0.6) is 11.5 Å². The lowest BCUT2D eigenvalue weighted by Gasteiger charge is -2.06. The summed E-state index contributed by atoms with van der Waals surface area (Å²) in [4.78, 5) is 20.3. The molecular weight excluding hydrogens is 254 g/mol. The SMILES string of the molecule is O=c1[nH]c2cc(Oc3ccccc3Cl)cnc2[nH]1. The van der Waals surface area contributed by atoms with Crippen molar-refractivity contribution in [2.24, 2.45) is 0 Å². The number of aromatic amines is 2. The predicted molar refractivity (Wildman–Crippen MR) is 68.2 cm³/mol. The molecule has 90 valence electrons. The molecule has 0 amide bonds. The highest BCUT2D eigenvalue weighted by Crippen LogP contribution is 2.28. The number of hydrogen-bond acceptors (Lipinski definition) is 3. The fourth-order valence-corrected chi connectivity index (χ4v) is 1.79. The molecule has 2 N–H and O–H groups in total. The number of rotatable bonds is 2. The van der Waals surface area contributed by atoms with Crippen LogP contribution in [0.2, 0.25) is 5.02 Å². The number of nitrogens with one attached hydrogen (secondary N) is 2. The molecule has 0 bridgehead atoms. The zero-order chi connectivity index (χ0) is 12.5. The number of hydrogen-bond donors (Lipinski definition) is 2. The summed E-state index contributed by atoms with van der Waals surface area (Å²) in [6, 6.07) is 8.82. The maximum Gasteiger partial charge on any atom is 0.325 e. The average Bonchev–Trinajstić information content (AvgIpc) is 2.71. The second-order valence-corrected chi connectivity index (χ2v) is 4.09. The van der Waals surface area contributed by atoms with E-state index >= 15 is 0 Å². The third-order valence-electron chi connectivity index (χ3n) is 2.41. The minimum atomic E-state index is -0.299. The van der Waals surface area contributed by atoms with Crippen molar-refractivity contribution in [2.45, 2.75) is 0 Å². The third kappa shape index (κ3) is 1.96. The molecule has 0 aliphatic rings. The van der Waals surface area contributed by atoms with E-state index in [1.54, 1.807) is 18.2 Å². The fraction of sp³-hybridized carbons (Fsp3) is 0. The number of para-hydroxylation sites is 1. The van der Waals surface area contributed by atoms with Crippen LogP contribution < -0.4 is 10.4 Å². The molecule has 0 aliphatic carbocycles. The summed E-state index contributed by atoms with van der Waals surface area (Å²) in [7, 11) is 0. The molecule has 0 fully saturated rings. The molecule has 2 aromatic heterocycles. The summed E-state index contributed by atoms with van der Waals surface area (Å²) < 4.78 is 5.60. The van der Waals surface area contributed by atoms with E-state index in [1.807, 2.05) is 12.1 Å². The number of halogens is 1. The van der Waals surface area contributed by atoms with Crippen molar-refractivity contribution in [2.75, 3.05) is 0 Å². The molecule has 0 radical (unpaired) electrons. The molecule has 3 aromatic rings. The van der Waals surface area contributed by atoms with Crippen LogP contribution in [-0.4, -0.2) is 15.0 Å². The Hall–Kier alpha value is -2.27. The first-order valence-corrected chi connectivity index (χ1v) is 5.60. The van der Waals surface area contributed by atoms with Gasteiger partial charge in [0, 0.05) is 6.07 Å². The van der Waals surface area contributed by atoms with Gasteiger partial charge in [0.25, 0.3) is 0 Å². The molecule has 0 atom stereocenters. The van der Waals surface area contributed by atoms with Gasteiger partial charge in [0.05, 0.1) is 16.7 Å². The van der Waals surface area contributed by atoms with Crippen molar-refractivity contribution < 1.29 is 4.74 Å². The van der Waals surface area contributed by atoms with E-state index in [2.05, 4.69) is 15.0 Å². The molecule has 0 saturated carbocycles. The first kappa shape index (κ1) is 10.9. The Balaban J connectivity index is 2.00. The van der Waals surface area contributed by atoms with Gasteiger partial charge in [-0.3, -0.25) is 4.98 Å². The van der Waals surface area contributed by atoms with Crippen LogP contribution in [0.3, 0.4) is 0 Å². The molecular formula is C12H8ClN3O2. The van der Waals surface area contributed by atoms with Gasteiger partial charge in [0.1, 0.15) is 11.5 Å². The van der Waals surface area contributed by atoms with Crippen LogP contribution in [-0.2, 0) is 0 Å². The zero-order valence-corrected chi connectivity index (χ0v) is 9.86. The number of imidazole rings is 1. The van der Waals surface area contributed by atoms with Gasteiger partial charge in [0.15, 0.2) is 5.65 Å². The summed E-state index contributed by atoms with van der Waals surface area (Å²) in [6.07, 6.45) is 1.52. The highest BCUT2D eigenvalue weighted by molar-refractivity contribution is 6.32. The lowest BCUT2D eigenvalue weighted by atomic mass is 10.3. The average molecular weight is 262 g/mol. The number of H-pyrrole nitrogens is 2. The zero-order valence-electron chi connectivity index (χ0n) is 9.11. The molecule has 0 saturated heterocycles. The molecule has 0 aliphatic heterocycles. The Morgan fingerprint density at radius 2 is 2.06 bits per heavy atom. The highest BCUT2D eigenvalue weighted by atomic mass is 35.5. The number of ether oxygens (including phenoxy) is 1. The lowest BCUT2D eigenvalue weighted by molar-refractivity contribution is 0.481. The summed E-state index contributed by atoms with van der Waals surface area (Å²) in [5.41, 5.74) is 0.781. The van der Waals surface area contributed by atoms with Crippen molar-refractivity contribution in [3.05, 3.63) is 52.0 Å². The molecule has 3 rings (SSSR count). The quantitative estimate of drug-likeness (QED) is 0.745. The van der Waals surface area contributed by atoms with E-state index in [-0.39, 0.29) is 5.69 Å². The van der Waals surface area contributed by atoms with Crippen LogP contribution in [0.1, 0.15) is 0 Å². The smallest absolute Gasteiger partial charge is 0.325 e. The van der Waals surface area contributed by atoms with Gasteiger partial charge in [-0.25, -0.2) is 9.78 Å². The molecule has 0 unspecified atom stereocenters. The summed E-state index contributed by atoms with van der Waals surface area (Å²) in [5, 5.41) is 0.514. The van der Waals surface area contributed by atoms with E-state index in [9.17, 15) is 4.79 Å². The predicted octanol–water partition coefficient (Wildman–Crippen LogP) is 2.70. The van der Waals surface area contributed by atoms with Gasteiger partial charge >= 0.3 is 5.69 Å². The Labute approximate surface area is 106 Å². The van der Waals surface area contributed by atoms with Gasteiger partial charge in [-0.2, -0.15) is 0 Å². The van der Waals surface area contributed by atoms with E-state index in [1.165, 1.54) is 6.20 Å². The van der Waals surface area contributed by atoms with Gasteiger partial charge in [-0.05, 0) is 12.1 Å². The van der Waals surface area contributed by atoms with Crippen LogP contribution in [0.25, 0.3) is 11.2 Å². The Kier molecular flexibility index (Phi) is 2.53. The molecule has 5 nitrogen and oxygen atoms in total. The topological polar surface area (TPSA) is 70.8 Å². The van der Waals surface area contributed by atoms with Crippen molar-refractivity contribution in [1.29, 1.82) is 0 Å². The maximum atomic E-state index is 11.1. The standard InChI is InChI=1S/C12H8ClN3O2/c13-8-3-1-2-4-10(8)18-7-5-9-11(14-6-7)16-12(17)15-9/h1-6H,(H2,14,15,16,17). The first-order valence-electron chi connectivity index (χ1n) is 5.23. The summed E-state index contributed by atoms with van der Waals surface area (Å²) in [5.74, 6) is 1.05. The highest BCUT2D eigenvalue weighted by Gasteiger charge is 2.05. The van der Waals surface area contributed by atoms with Crippen LogP contribution in [0, 0.1) is 0 Å². The van der Waals surface area contributed by atoms with E-state index in [4.69, 9.17) is 16.3 Å². The summed E-state index contributed by atoms with van der Waals surface area (Å²) >= 11 is 5.99. The molecule has 6 heteroatoms. The van der Waals surface area contributed by atoms with Crippen molar-refractivity contribution >= 4 is 22.8 Å². The minimum Gasteiger partial charge on any atom is -0.454 e. The maximum absolute atomic E-state index is 11.1. The minimum absolute atomic E-state index is 0.299. The summed E-state index contributed by atoms with van der Waals surface area (Å²) in [6.45, 7) is 0.